The van der Waals surface area contributed by atoms with Crippen molar-refractivity contribution in [1.82, 2.24) is 4.98 Å². The predicted octanol–water partition coefficient (Wildman–Crippen LogP) is 2.83. The highest BCUT2D eigenvalue weighted by Gasteiger charge is 2.29. The number of pyridine rings is 1. The molecule has 1 aromatic heterocycles. The van der Waals surface area contributed by atoms with E-state index in [9.17, 15) is 0 Å². The van der Waals surface area contributed by atoms with Gasteiger partial charge in [0.15, 0.2) is 0 Å². The maximum absolute atomic E-state index is 5.84. The first kappa shape index (κ1) is 11.1. The number of anilines is 2. The van der Waals surface area contributed by atoms with Crippen LogP contribution in [0.2, 0.25) is 0 Å². The summed E-state index contributed by atoms with van der Waals surface area (Å²) in [5, 5.41) is 0. The van der Waals surface area contributed by atoms with Crippen LogP contribution in [0.25, 0.3) is 0 Å². The minimum absolute atomic E-state index is 0.675. The van der Waals surface area contributed by atoms with E-state index in [4.69, 9.17) is 5.73 Å². The minimum Gasteiger partial charge on any atom is -0.399 e. The third-order valence-electron chi connectivity index (χ3n) is 3.29. The normalized spacial score (nSPS) is 14.4. The lowest BCUT2D eigenvalue weighted by Crippen LogP contribution is -2.24. The SMILES string of the molecule is Nc1cccc(CN(c2ccncc2)C2CC2)c1. The summed E-state index contributed by atoms with van der Waals surface area (Å²) in [4.78, 5) is 6.52. The Hall–Kier alpha value is -2.03. The van der Waals surface area contributed by atoms with Gasteiger partial charge in [0.2, 0.25) is 0 Å². The number of nitrogens with two attached hydrogens (primary N) is 1. The third-order valence-corrected chi connectivity index (χ3v) is 3.29. The standard InChI is InChI=1S/C15H17N3/c16-13-3-1-2-12(10-13)11-18(14-4-5-14)15-6-8-17-9-7-15/h1-3,6-10,14H,4-5,11,16H2. The van der Waals surface area contributed by atoms with Crippen molar-refractivity contribution in [2.24, 2.45) is 0 Å². The predicted molar refractivity (Wildman–Crippen MR) is 74.3 cm³/mol. The Morgan fingerprint density at radius 1 is 1.17 bits per heavy atom. The molecule has 0 saturated heterocycles. The van der Waals surface area contributed by atoms with Gasteiger partial charge in [0.1, 0.15) is 0 Å². The van der Waals surface area contributed by atoms with E-state index in [1.165, 1.54) is 24.1 Å². The van der Waals surface area contributed by atoms with Crippen molar-refractivity contribution in [1.29, 1.82) is 0 Å². The van der Waals surface area contributed by atoms with Crippen molar-refractivity contribution >= 4 is 11.4 Å². The third kappa shape index (κ3) is 2.45. The quantitative estimate of drug-likeness (QED) is 0.834. The molecule has 1 aromatic carbocycles. The minimum atomic E-state index is 0.675. The lowest BCUT2D eigenvalue weighted by Gasteiger charge is -2.24. The summed E-state index contributed by atoms with van der Waals surface area (Å²) < 4.78 is 0. The number of nitrogen functional groups attached to an aromatic ring is 1. The molecular weight excluding hydrogens is 222 g/mol. The molecule has 1 fully saturated rings. The number of benzene rings is 1. The fourth-order valence-electron chi connectivity index (χ4n) is 2.24. The van der Waals surface area contributed by atoms with E-state index in [0.29, 0.717) is 6.04 Å². The largest absolute Gasteiger partial charge is 0.399 e. The van der Waals surface area contributed by atoms with Crippen LogP contribution in [0.1, 0.15) is 18.4 Å². The van der Waals surface area contributed by atoms with Crippen LogP contribution in [0, 0.1) is 0 Å². The smallest absolute Gasteiger partial charge is 0.0433 e. The van der Waals surface area contributed by atoms with Gasteiger partial charge < -0.3 is 10.6 Å². The summed E-state index contributed by atoms with van der Waals surface area (Å²) >= 11 is 0. The molecule has 0 bridgehead atoms. The van der Waals surface area contributed by atoms with E-state index in [2.05, 4.69) is 34.1 Å². The van der Waals surface area contributed by atoms with E-state index in [0.717, 1.165) is 12.2 Å². The van der Waals surface area contributed by atoms with Crippen LogP contribution in [-0.2, 0) is 6.54 Å². The highest BCUT2D eigenvalue weighted by molar-refractivity contribution is 5.49. The zero-order chi connectivity index (χ0) is 12.4. The molecule has 0 spiro atoms. The highest BCUT2D eigenvalue weighted by Crippen LogP contribution is 2.32. The van der Waals surface area contributed by atoms with E-state index in [1.54, 1.807) is 0 Å². The summed E-state index contributed by atoms with van der Waals surface area (Å²) in [7, 11) is 0. The first-order chi connectivity index (χ1) is 8.83. The molecule has 1 aliphatic rings. The lowest BCUT2D eigenvalue weighted by atomic mass is 10.2. The van der Waals surface area contributed by atoms with Gasteiger partial charge in [-0.25, -0.2) is 0 Å². The number of rotatable bonds is 4. The van der Waals surface area contributed by atoms with Gasteiger partial charge in [-0.1, -0.05) is 12.1 Å². The van der Waals surface area contributed by atoms with Crippen molar-refractivity contribution in [2.75, 3.05) is 10.6 Å². The molecule has 92 valence electrons. The highest BCUT2D eigenvalue weighted by atomic mass is 15.2. The second kappa shape index (κ2) is 4.69. The van der Waals surface area contributed by atoms with Crippen LogP contribution in [-0.4, -0.2) is 11.0 Å². The van der Waals surface area contributed by atoms with E-state index in [1.807, 2.05) is 24.5 Å². The van der Waals surface area contributed by atoms with Crippen LogP contribution < -0.4 is 10.6 Å². The Kier molecular flexibility index (Phi) is 2.89. The van der Waals surface area contributed by atoms with Crippen molar-refractivity contribution in [3.63, 3.8) is 0 Å². The van der Waals surface area contributed by atoms with Gasteiger partial charge in [0, 0.05) is 36.4 Å². The molecule has 0 aliphatic heterocycles. The van der Waals surface area contributed by atoms with Crippen molar-refractivity contribution in [2.45, 2.75) is 25.4 Å². The van der Waals surface area contributed by atoms with Crippen molar-refractivity contribution in [3.8, 4) is 0 Å². The number of aromatic nitrogens is 1. The number of hydrogen-bond donors (Lipinski definition) is 1. The molecule has 0 unspecified atom stereocenters. The van der Waals surface area contributed by atoms with Crippen LogP contribution >= 0.6 is 0 Å². The molecule has 3 nitrogen and oxygen atoms in total. The zero-order valence-electron chi connectivity index (χ0n) is 10.3. The van der Waals surface area contributed by atoms with E-state index >= 15 is 0 Å². The summed E-state index contributed by atoms with van der Waals surface area (Å²) in [6.07, 6.45) is 6.27. The zero-order valence-corrected chi connectivity index (χ0v) is 10.3. The average molecular weight is 239 g/mol. The Balaban J connectivity index is 1.83. The van der Waals surface area contributed by atoms with Gasteiger partial charge in [-0.2, -0.15) is 0 Å². The van der Waals surface area contributed by atoms with Crippen molar-refractivity contribution in [3.05, 3.63) is 54.4 Å². The molecule has 1 saturated carbocycles. The summed E-state index contributed by atoms with van der Waals surface area (Å²) in [6, 6.07) is 13.0. The van der Waals surface area contributed by atoms with Gasteiger partial charge in [-0.3, -0.25) is 4.98 Å². The summed E-state index contributed by atoms with van der Waals surface area (Å²) in [6.45, 7) is 0.916. The molecule has 2 aromatic rings. The van der Waals surface area contributed by atoms with E-state index in [-0.39, 0.29) is 0 Å². The molecular formula is C15H17N3. The average Bonchev–Trinajstić information content (AvgIpc) is 3.21. The van der Waals surface area contributed by atoms with Crippen LogP contribution in [0.15, 0.2) is 48.8 Å². The fourth-order valence-corrected chi connectivity index (χ4v) is 2.24. The molecule has 2 N–H and O–H groups in total. The van der Waals surface area contributed by atoms with Gasteiger partial charge in [-0.05, 0) is 42.7 Å². The maximum atomic E-state index is 5.84. The number of nitrogens with zero attached hydrogens (tertiary/aromatic N) is 2. The first-order valence-electron chi connectivity index (χ1n) is 6.34. The Morgan fingerprint density at radius 3 is 2.61 bits per heavy atom. The monoisotopic (exact) mass is 239 g/mol. The van der Waals surface area contributed by atoms with Gasteiger partial charge >= 0.3 is 0 Å². The second-order valence-electron chi connectivity index (χ2n) is 4.81. The Morgan fingerprint density at radius 2 is 1.94 bits per heavy atom. The second-order valence-corrected chi connectivity index (χ2v) is 4.81. The summed E-state index contributed by atoms with van der Waals surface area (Å²) in [5.74, 6) is 0. The maximum Gasteiger partial charge on any atom is 0.0433 e. The molecule has 18 heavy (non-hydrogen) atoms. The molecule has 1 heterocycles. The number of hydrogen-bond acceptors (Lipinski definition) is 3. The Bertz CT molecular complexity index is 520. The Labute approximate surface area is 107 Å². The molecule has 1 aliphatic carbocycles. The van der Waals surface area contributed by atoms with Crippen LogP contribution in [0.3, 0.4) is 0 Å². The van der Waals surface area contributed by atoms with Gasteiger partial charge in [0.05, 0.1) is 0 Å². The molecule has 0 amide bonds. The fraction of sp³-hybridized carbons (Fsp3) is 0.267. The topological polar surface area (TPSA) is 42.1 Å². The van der Waals surface area contributed by atoms with E-state index < -0.39 is 0 Å². The van der Waals surface area contributed by atoms with Gasteiger partial charge in [0.25, 0.3) is 0 Å². The molecule has 3 rings (SSSR count). The first-order valence-corrected chi connectivity index (χ1v) is 6.34. The molecule has 0 atom stereocenters. The van der Waals surface area contributed by atoms with Crippen molar-refractivity contribution < 1.29 is 0 Å². The van der Waals surface area contributed by atoms with Crippen LogP contribution in [0.4, 0.5) is 11.4 Å². The summed E-state index contributed by atoms with van der Waals surface area (Å²) in [5.41, 5.74) is 9.18. The van der Waals surface area contributed by atoms with Crippen LogP contribution in [0.5, 0.6) is 0 Å². The lowest BCUT2D eigenvalue weighted by molar-refractivity contribution is 0.794. The molecule has 3 heteroatoms. The molecule has 0 radical (unpaired) electrons. The van der Waals surface area contributed by atoms with Gasteiger partial charge in [-0.15, -0.1) is 0 Å².